The maximum atomic E-state index is 12.9. The first-order chi connectivity index (χ1) is 13.6. The number of aromatic nitrogens is 3. The van der Waals surface area contributed by atoms with E-state index in [1.165, 1.54) is 0 Å². The van der Waals surface area contributed by atoms with E-state index in [4.69, 9.17) is 9.72 Å². The topological polar surface area (TPSA) is 69.0 Å². The van der Waals surface area contributed by atoms with E-state index in [0.29, 0.717) is 29.6 Å². The van der Waals surface area contributed by atoms with Crippen LogP contribution in [0, 0.1) is 5.92 Å². The fourth-order valence-electron chi connectivity index (χ4n) is 3.27. The molecule has 2 aromatic heterocycles. The van der Waals surface area contributed by atoms with E-state index in [1.807, 2.05) is 47.1 Å². The Morgan fingerprint density at radius 3 is 2.68 bits per heavy atom. The number of para-hydroxylation sites is 2. The predicted molar refractivity (Wildman–Crippen MR) is 111 cm³/mol. The van der Waals surface area contributed by atoms with Crippen LogP contribution in [0.1, 0.15) is 24.2 Å². The number of rotatable bonds is 5. The molecule has 2 heterocycles. The molecule has 0 aliphatic heterocycles. The van der Waals surface area contributed by atoms with Crippen LogP contribution in [0.4, 0.5) is 5.82 Å². The van der Waals surface area contributed by atoms with E-state index in [-0.39, 0.29) is 5.91 Å². The van der Waals surface area contributed by atoms with E-state index in [9.17, 15) is 4.79 Å². The molecule has 4 aromatic rings. The van der Waals surface area contributed by atoms with Gasteiger partial charge in [-0.2, -0.15) is 5.10 Å². The number of fused-ring (bicyclic) bond motifs is 2. The number of carbonyl (C=O) groups excluding carboxylic acids is 1. The van der Waals surface area contributed by atoms with Gasteiger partial charge in [0.1, 0.15) is 5.75 Å². The van der Waals surface area contributed by atoms with Gasteiger partial charge in [-0.15, -0.1) is 0 Å². The number of methoxy groups -OCH3 is 1. The Hall–Kier alpha value is -3.41. The van der Waals surface area contributed by atoms with Crippen LogP contribution in [0.2, 0.25) is 0 Å². The lowest BCUT2D eigenvalue weighted by Crippen LogP contribution is -2.14. The fourth-order valence-corrected chi connectivity index (χ4v) is 3.27. The lowest BCUT2D eigenvalue weighted by molar-refractivity contribution is 0.102. The van der Waals surface area contributed by atoms with Gasteiger partial charge >= 0.3 is 0 Å². The highest BCUT2D eigenvalue weighted by molar-refractivity contribution is 6.10. The summed E-state index contributed by atoms with van der Waals surface area (Å²) < 4.78 is 7.17. The van der Waals surface area contributed by atoms with Crippen LogP contribution in [0.25, 0.3) is 21.9 Å². The zero-order chi connectivity index (χ0) is 19.7. The number of carbonyl (C=O) groups is 1. The number of nitrogens with zero attached hydrogens (tertiary/aromatic N) is 3. The Bertz CT molecular complexity index is 1160. The third kappa shape index (κ3) is 3.29. The molecule has 0 atom stereocenters. The predicted octanol–water partition coefficient (Wildman–Crippen LogP) is 4.50. The van der Waals surface area contributed by atoms with Crippen molar-refractivity contribution >= 4 is 33.7 Å². The van der Waals surface area contributed by atoms with Gasteiger partial charge in [-0.3, -0.25) is 4.79 Å². The van der Waals surface area contributed by atoms with Crippen LogP contribution in [0.3, 0.4) is 0 Å². The second kappa shape index (κ2) is 7.31. The molecule has 0 aliphatic rings. The number of benzene rings is 2. The molecule has 0 saturated carbocycles. The Labute approximate surface area is 163 Å². The van der Waals surface area contributed by atoms with Crippen molar-refractivity contribution in [1.29, 1.82) is 0 Å². The van der Waals surface area contributed by atoms with E-state index in [2.05, 4.69) is 24.3 Å². The molecule has 4 rings (SSSR count). The van der Waals surface area contributed by atoms with E-state index in [1.54, 1.807) is 19.2 Å². The molecule has 0 saturated heterocycles. The standard InChI is InChI=1S/C22H22N4O2/c1-14(2)13-26-21-17(12-15-8-4-6-10-18(15)23-21)20(25-26)24-22(27)16-9-5-7-11-19(16)28-3/h4-12,14H,13H2,1-3H3,(H,24,25,27). The van der Waals surface area contributed by atoms with Crippen molar-refractivity contribution in [2.45, 2.75) is 20.4 Å². The summed E-state index contributed by atoms with van der Waals surface area (Å²) in [5.74, 6) is 1.16. The molecule has 142 valence electrons. The van der Waals surface area contributed by atoms with Crippen LogP contribution in [0.5, 0.6) is 5.75 Å². The fraction of sp³-hybridized carbons (Fsp3) is 0.227. The average molecular weight is 374 g/mol. The summed E-state index contributed by atoms with van der Waals surface area (Å²) in [7, 11) is 1.55. The molecule has 0 radical (unpaired) electrons. The monoisotopic (exact) mass is 374 g/mol. The smallest absolute Gasteiger partial charge is 0.260 e. The summed E-state index contributed by atoms with van der Waals surface area (Å²) in [5.41, 5.74) is 2.13. The highest BCUT2D eigenvalue weighted by atomic mass is 16.5. The molecule has 0 spiro atoms. The largest absolute Gasteiger partial charge is 0.496 e. The van der Waals surface area contributed by atoms with Crippen LogP contribution < -0.4 is 10.1 Å². The van der Waals surface area contributed by atoms with Crippen LogP contribution in [0.15, 0.2) is 54.6 Å². The molecule has 2 aromatic carbocycles. The number of nitrogens with one attached hydrogen (secondary N) is 1. The van der Waals surface area contributed by atoms with Gasteiger partial charge in [0.25, 0.3) is 5.91 Å². The van der Waals surface area contributed by atoms with Gasteiger partial charge < -0.3 is 10.1 Å². The van der Waals surface area contributed by atoms with Gasteiger partial charge in [0.2, 0.25) is 0 Å². The van der Waals surface area contributed by atoms with Crippen molar-refractivity contribution in [2.24, 2.45) is 5.92 Å². The van der Waals surface area contributed by atoms with Crippen molar-refractivity contribution in [3.63, 3.8) is 0 Å². The van der Waals surface area contributed by atoms with Gasteiger partial charge in [-0.1, -0.05) is 44.2 Å². The molecule has 1 N–H and O–H groups in total. The number of amides is 1. The van der Waals surface area contributed by atoms with Gasteiger partial charge in [-0.05, 0) is 30.2 Å². The van der Waals surface area contributed by atoms with Crippen molar-refractivity contribution < 1.29 is 9.53 Å². The molecule has 6 heteroatoms. The zero-order valence-corrected chi connectivity index (χ0v) is 16.1. The Kier molecular flexibility index (Phi) is 4.69. The molecule has 6 nitrogen and oxygen atoms in total. The van der Waals surface area contributed by atoms with Gasteiger partial charge in [0.15, 0.2) is 11.5 Å². The molecule has 0 fully saturated rings. The maximum Gasteiger partial charge on any atom is 0.260 e. The molecule has 1 amide bonds. The van der Waals surface area contributed by atoms with Crippen LogP contribution in [-0.4, -0.2) is 27.8 Å². The number of ether oxygens (including phenoxy) is 1. The van der Waals surface area contributed by atoms with Crippen molar-refractivity contribution in [3.05, 3.63) is 60.2 Å². The van der Waals surface area contributed by atoms with E-state index in [0.717, 1.165) is 21.9 Å². The highest BCUT2D eigenvalue weighted by Crippen LogP contribution is 2.27. The Balaban J connectivity index is 1.81. The number of hydrogen-bond acceptors (Lipinski definition) is 4. The van der Waals surface area contributed by atoms with E-state index < -0.39 is 0 Å². The minimum absolute atomic E-state index is 0.262. The molecule has 0 unspecified atom stereocenters. The number of hydrogen-bond donors (Lipinski definition) is 1. The number of pyridine rings is 1. The lowest BCUT2D eigenvalue weighted by Gasteiger charge is -2.07. The Morgan fingerprint density at radius 1 is 1.14 bits per heavy atom. The summed E-state index contributed by atoms with van der Waals surface area (Å²) in [5, 5.41) is 9.43. The minimum Gasteiger partial charge on any atom is -0.496 e. The lowest BCUT2D eigenvalue weighted by atomic mass is 10.1. The van der Waals surface area contributed by atoms with Gasteiger partial charge in [-0.25, -0.2) is 9.67 Å². The summed E-state index contributed by atoms with van der Waals surface area (Å²) >= 11 is 0. The first kappa shape index (κ1) is 18.0. The highest BCUT2D eigenvalue weighted by Gasteiger charge is 2.18. The second-order valence-electron chi connectivity index (χ2n) is 7.13. The summed E-state index contributed by atoms with van der Waals surface area (Å²) in [6.45, 7) is 4.97. The maximum absolute atomic E-state index is 12.9. The quantitative estimate of drug-likeness (QED) is 0.558. The first-order valence-electron chi connectivity index (χ1n) is 9.27. The van der Waals surface area contributed by atoms with E-state index >= 15 is 0 Å². The molecular formula is C22H22N4O2. The third-order valence-corrected chi connectivity index (χ3v) is 4.55. The van der Waals surface area contributed by atoms with Crippen molar-refractivity contribution in [1.82, 2.24) is 14.8 Å². The SMILES string of the molecule is COc1ccccc1C(=O)Nc1nn(CC(C)C)c2nc3ccccc3cc12. The second-order valence-corrected chi connectivity index (χ2v) is 7.13. The van der Waals surface area contributed by atoms with Crippen LogP contribution >= 0.6 is 0 Å². The Morgan fingerprint density at radius 2 is 1.89 bits per heavy atom. The molecule has 28 heavy (non-hydrogen) atoms. The minimum atomic E-state index is -0.262. The molecule has 0 bridgehead atoms. The normalized spacial score (nSPS) is 11.3. The summed E-state index contributed by atoms with van der Waals surface area (Å²) in [4.78, 5) is 17.7. The average Bonchev–Trinajstić information content (AvgIpc) is 3.01. The number of anilines is 1. The summed E-state index contributed by atoms with van der Waals surface area (Å²) in [6, 6.07) is 17.1. The molecular weight excluding hydrogens is 352 g/mol. The van der Waals surface area contributed by atoms with Crippen LogP contribution in [-0.2, 0) is 6.54 Å². The van der Waals surface area contributed by atoms with Gasteiger partial charge in [0.05, 0.1) is 23.6 Å². The summed E-state index contributed by atoms with van der Waals surface area (Å²) in [6.07, 6.45) is 0. The van der Waals surface area contributed by atoms with Crippen molar-refractivity contribution in [2.75, 3.05) is 12.4 Å². The third-order valence-electron chi connectivity index (χ3n) is 4.55. The van der Waals surface area contributed by atoms with Gasteiger partial charge in [0, 0.05) is 11.9 Å². The molecule has 0 aliphatic carbocycles. The first-order valence-corrected chi connectivity index (χ1v) is 9.27. The zero-order valence-electron chi connectivity index (χ0n) is 16.1. The van der Waals surface area contributed by atoms with Crippen molar-refractivity contribution in [3.8, 4) is 5.75 Å².